The SMILES string of the molecule is C=C/C(=C\C=C/C)CC1N=C(c2ccc(NC(=O)NCC(F)(F)F)cc2)c2cc(O)ccc2NC1=C.CBr. The van der Waals surface area contributed by atoms with Crippen molar-refractivity contribution < 1.29 is 23.1 Å². The second-order valence-corrected chi connectivity index (χ2v) is 8.05. The zero-order valence-corrected chi connectivity index (χ0v) is 22.7. The highest BCUT2D eigenvalue weighted by Crippen LogP contribution is 2.32. The molecule has 0 saturated carbocycles. The third-order valence-corrected chi connectivity index (χ3v) is 5.30. The first-order chi connectivity index (χ1) is 18.1. The van der Waals surface area contributed by atoms with Gasteiger partial charge in [0.1, 0.15) is 12.3 Å². The topological polar surface area (TPSA) is 85.8 Å². The molecule has 1 unspecified atom stereocenters. The minimum Gasteiger partial charge on any atom is -0.508 e. The Morgan fingerprint density at radius 1 is 1.21 bits per heavy atom. The summed E-state index contributed by atoms with van der Waals surface area (Å²) in [5.74, 6) is 1.87. The number of fused-ring (bicyclic) bond motifs is 1. The molecule has 0 aliphatic carbocycles. The molecule has 1 atom stereocenters. The minimum absolute atomic E-state index is 0.0618. The molecule has 0 spiro atoms. The summed E-state index contributed by atoms with van der Waals surface area (Å²) in [6.07, 6.45) is 3.57. The number of aromatic hydroxyl groups is 1. The Morgan fingerprint density at radius 2 is 1.89 bits per heavy atom. The van der Waals surface area contributed by atoms with E-state index in [1.54, 1.807) is 53.9 Å². The number of phenolic OH excluding ortho intramolecular Hbond substituents is 1. The van der Waals surface area contributed by atoms with Crippen LogP contribution in [0, 0.1) is 0 Å². The average Bonchev–Trinajstić information content (AvgIpc) is 3.02. The van der Waals surface area contributed by atoms with E-state index in [0.717, 1.165) is 5.57 Å². The van der Waals surface area contributed by atoms with E-state index in [-0.39, 0.29) is 11.8 Å². The van der Waals surface area contributed by atoms with Crippen molar-refractivity contribution in [1.82, 2.24) is 5.32 Å². The van der Waals surface area contributed by atoms with Crippen LogP contribution in [0.5, 0.6) is 5.75 Å². The number of anilines is 2. The van der Waals surface area contributed by atoms with Crippen LogP contribution in [-0.2, 0) is 0 Å². The van der Waals surface area contributed by atoms with Gasteiger partial charge in [-0.05, 0) is 48.7 Å². The first-order valence-electron chi connectivity index (χ1n) is 11.5. The van der Waals surface area contributed by atoms with Crippen molar-refractivity contribution in [2.75, 3.05) is 23.0 Å². The number of rotatable bonds is 7. The van der Waals surface area contributed by atoms with Gasteiger partial charge in [0.15, 0.2) is 0 Å². The largest absolute Gasteiger partial charge is 0.508 e. The van der Waals surface area contributed by atoms with Gasteiger partial charge in [0.05, 0.1) is 11.8 Å². The summed E-state index contributed by atoms with van der Waals surface area (Å²) >= 11 is 2.94. The van der Waals surface area contributed by atoms with Crippen molar-refractivity contribution >= 4 is 39.0 Å². The Labute approximate surface area is 228 Å². The van der Waals surface area contributed by atoms with Crippen LogP contribution in [0.3, 0.4) is 0 Å². The van der Waals surface area contributed by atoms with Crippen LogP contribution in [0.4, 0.5) is 29.3 Å². The quantitative estimate of drug-likeness (QED) is 0.155. The van der Waals surface area contributed by atoms with Gasteiger partial charge in [0.2, 0.25) is 0 Å². The fourth-order valence-electron chi connectivity index (χ4n) is 3.53. The van der Waals surface area contributed by atoms with Gasteiger partial charge in [-0.25, -0.2) is 4.79 Å². The molecular weight excluding hydrogens is 561 g/mol. The van der Waals surface area contributed by atoms with Crippen LogP contribution in [0.15, 0.2) is 96.2 Å². The Hall–Kier alpha value is -3.79. The van der Waals surface area contributed by atoms with Gasteiger partial charge in [-0.1, -0.05) is 65.5 Å². The Morgan fingerprint density at radius 3 is 2.50 bits per heavy atom. The summed E-state index contributed by atoms with van der Waals surface area (Å²) in [6, 6.07) is 10.1. The lowest BCUT2D eigenvalue weighted by atomic mass is 9.99. The lowest BCUT2D eigenvalue weighted by Gasteiger charge is -2.16. The van der Waals surface area contributed by atoms with Crippen molar-refractivity contribution in [3.8, 4) is 5.75 Å². The van der Waals surface area contributed by atoms with E-state index in [9.17, 15) is 23.1 Å². The smallest absolute Gasteiger partial charge is 0.405 e. The van der Waals surface area contributed by atoms with Gasteiger partial charge in [0, 0.05) is 34.6 Å². The van der Waals surface area contributed by atoms with E-state index in [1.165, 1.54) is 0 Å². The van der Waals surface area contributed by atoms with Crippen molar-refractivity contribution in [1.29, 1.82) is 0 Å². The number of carbonyl (C=O) groups excluding carboxylic acids is 1. The van der Waals surface area contributed by atoms with Gasteiger partial charge in [0.25, 0.3) is 0 Å². The number of nitrogens with one attached hydrogen (secondary N) is 3. The number of allylic oxidation sites excluding steroid dienone is 4. The van der Waals surface area contributed by atoms with E-state index in [4.69, 9.17) is 4.99 Å². The molecule has 4 N–H and O–H groups in total. The standard InChI is InChI=1S/C27H27F3N4O2.CH3Br/c1-4-6-7-18(5-2)14-24-17(3)32-23-13-12-21(35)15-22(23)25(34-24)19-8-10-20(11-9-19)33-26(36)31-16-27(28,29)30;1-2/h4-13,15,24,32,35H,2-3,14,16H2,1H3,(H2,31,33,36);1H3/b6-4-,18-7+;. The van der Waals surface area contributed by atoms with Crippen LogP contribution < -0.4 is 16.0 Å². The second kappa shape index (κ2) is 14.2. The summed E-state index contributed by atoms with van der Waals surface area (Å²) in [4.78, 5) is 16.7. The van der Waals surface area contributed by atoms with Crippen molar-refractivity contribution in [2.24, 2.45) is 4.99 Å². The Balaban J connectivity index is 0.00000247. The molecule has 2 aromatic carbocycles. The number of halogens is 4. The monoisotopic (exact) mass is 590 g/mol. The first-order valence-corrected chi connectivity index (χ1v) is 13.1. The predicted octanol–water partition coefficient (Wildman–Crippen LogP) is 7.31. The fraction of sp³-hybridized carbons (Fsp3) is 0.214. The van der Waals surface area contributed by atoms with E-state index >= 15 is 0 Å². The summed E-state index contributed by atoms with van der Waals surface area (Å²) in [5.41, 5.74) is 4.57. The maximum atomic E-state index is 12.3. The van der Waals surface area contributed by atoms with E-state index in [2.05, 4.69) is 39.7 Å². The van der Waals surface area contributed by atoms with Crippen LogP contribution in [0.1, 0.15) is 24.5 Å². The molecule has 1 heterocycles. The molecule has 10 heteroatoms. The zero-order valence-electron chi connectivity index (χ0n) is 21.1. The number of urea groups is 1. The van der Waals surface area contributed by atoms with Crippen LogP contribution in [0.25, 0.3) is 0 Å². The van der Waals surface area contributed by atoms with Gasteiger partial charge < -0.3 is 21.1 Å². The number of alkyl halides is 4. The molecule has 0 fully saturated rings. The molecule has 2 aromatic rings. The van der Waals surface area contributed by atoms with Gasteiger partial charge in [-0.3, -0.25) is 4.99 Å². The fourth-order valence-corrected chi connectivity index (χ4v) is 3.53. The number of benzodiazepines with no additional fused rings is 1. The molecule has 3 rings (SSSR count). The number of nitrogens with zero attached hydrogens (tertiary/aromatic N) is 1. The summed E-state index contributed by atoms with van der Waals surface area (Å²) < 4.78 is 37.0. The second-order valence-electron chi connectivity index (χ2n) is 8.05. The number of hydrogen-bond acceptors (Lipinski definition) is 4. The third kappa shape index (κ3) is 8.95. The molecule has 38 heavy (non-hydrogen) atoms. The number of benzene rings is 2. The van der Waals surface area contributed by atoms with Gasteiger partial charge >= 0.3 is 12.2 Å². The molecule has 0 saturated heterocycles. The van der Waals surface area contributed by atoms with Gasteiger partial charge in [-0.15, -0.1) is 0 Å². The van der Waals surface area contributed by atoms with E-state index in [0.29, 0.717) is 40.3 Å². The molecule has 0 bridgehead atoms. The highest BCUT2D eigenvalue weighted by Gasteiger charge is 2.28. The molecule has 202 valence electrons. The number of aliphatic imine (C=N–C) groups is 1. The Bertz CT molecular complexity index is 1240. The lowest BCUT2D eigenvalue weighted by Crippen LogP contribution is -2.36. The van der Waals surface area contributed by atoms with Gasteiger partial charge in [-0.2, -0.15) is 13.2 Å². The molecule has 0 radical (unpaired) electrons. The van der Waals surface area contributed by atoms with Crippen molar-refractivity contribution in [3.05, 3.63) is 102 Å². The summed E-state index contributed by atoms with van der Waals surface area (Å²) in [6.45, 7) is 8.53. The maximum absolute atomic E-state index is 12.3. The number of hydrogen-bond donors (Lipinski definition) is 4. The van der Waals surface area contributed by atoms with Crippen LogP contribution in [-0.4, -0.2) is 41.4 Å². The molecule has 0 aromatic heterocycles. The highest BCUT2D eigenvalue weighted by atomic mass is 79.9. The number of amides is 2. The highest BCUT2D eigenvalue weighted by molar-refractivity contribution is 9.08. The van der Waals surface area contributed by atoms with Crippen LogP contribution in [0.2, 0.25) is 0 Å². The van der Waals surface area contributed by atoms with Crippen LogP contribution >= 0.6 is 15.9 Å². The van der Waals surface area contributed by atoms with Crippen molar-refractivity contribution in [2.45, 2.75) is 25.6 Å². The first kappa shape index (κ1) is 30.4. The molecular formula is C28H30BrF3N4O2. The van der Waals surface area contributed by atoms with E-state index < -0.39 is 18.8 Å². The average molecular weight is 591 g/mol. The summed E-state index contributed by atoms with van der Waals surface area (Å²) in [5, 5.41) is 17.6. The Kier molecular flexibility index (Phi) is 11.4. The zero-order chi connectivity index (χ0) is 28.3. The third-order valence-electron chi connectivity index (χ3n) is 5.30. The molecule has 2 amide bonds. The minimum atomic E-state index is -4.50. The lowest BCUT2D eigenvalue weighted by molar-refractivity contribution is -0.122. The summed E-state index contributed by atoms with van der Waals surface area (Å²) in [7, 11) is 0. The number of carbonyl (C=O) groups is 1. The van der Waals surface area contributed by atoms with E-state index in [1.807, 2.05) is 31.0 Å². The predicted molar refractivity (Wildman–Crippen MR) is 152 cm³/mol. The van der Waals surface area contributed by atoms with Crippen molar-refractivity contribution in [3.63, 3.8) is 0 Å². The number of phenols is 1. The molecule has 1 aliphatic heterocycles. The molecule has 1 aliphatic rings. The maximum Gasteiger partial charge on any atom is 0.405 e. The molecule has 6 nitrogen and oxygen atoms in total. The normalized spacial score (nSPS) is 15.3.